The summed E-state index contributed by atoms with van der Waals surface area (Å²) in [5, 5.41) is 12.9. The molecule has 3 heterocycles. The van der Waals surface area contributed by atoms with Crippen LogP contribution in [0, 0.1) is 13.8 Å². The van der Waals surface area contributed by atoms with Crippen molar-refractivity contribution in [3.05, 3.63) is 101 Å². The molecular formula is C36H36N6O6S. The van der Waals surface area contributed by atoms with Gasteiger partial charge >= 0.3 is 5.97 Å². The van der Waals surface area contributed by atoms with Crippen LogP contribution in [0.2, 0.25) is 0 Å². The number of benzene rings is 2. The fourth-order valence-electron chi connectivity index (χ4n) is 5.81. The smallest absolute Gasteiger partial charge is 0.335 e. The Morgan fingerprint density at radius 1 is 1.06 bits per heavy atom. The van der Waals surface area contributed by atoms with E-state index in [1.807, 2.05) is 38.1 Å². The number of ether oxygens (including phenoxy) is 1. The molecule has 0 spiro atoms. The molecule has 2 saturated carbocycles. The minimum atomic E-state index is -4.24. The van der Waals surface area contributed by atoms with Gasteiger partial charge in [-0.3, -0.25) is 0 Å². The molecule has 0 bridgehead atoms. The van der Waals surface area contributed by atoms with Crippen molar-refractivity contribution in [1.82, 2.24) is 25.3 Å². The van der Waals surface area contributed by atoms with Crippen molar-refractivity contribution < 1.29 is 27.5 Å². The highest BCUT2D eigenvalue weighted by atomic mass is 32.2. The van der Waals surface area contributed by atoms with Crippen molar-refractivity contribution in [2.24, 2.45) is 0 Å². The van der Waals surface area contributed by atoms with E-state index >= 15 is 0 Å². The first-order valence-corrected chi connectivity index (χ1v) is 17.7. The van der Waals surface area contributed by atoms with Crippen LogP contribution in [0.4, 0.5) is 5.95 Å². The standard InChI is InChI=1S/C36H36N6O6S/c1-21-6-3-7-22(2)33(21)29-17-32(41-36(40-29)42-49(45,46)28-11-5-10-25(15-28)35(43)44)47-20-26(14-23-8-4-9-23)37-18-27-19-38-34-30(39-27)16-31(48-34)24-12-13-24/h3,5-7,10-11,14-17,19,24,26,37H,4,8-9,12-13,18,20H2,1-2H3,(H,43,44)(H,40,41,42)/t26-/m1/s1. The van der Waals surface area contributed by atoms with E-state index in [9.17, 15) is 18.3 Å². The molecule has 252 valence electrons. The predicted molar refractivity (Wildman–Crippen MR) is 183 cm³/mol. The van der Waals surface area contributed by atoms with Gasteiger partial charge < -0.3 is 19.6 Å². The summed E-state index contributed by atoms with van der Waals surface area (Å²) >= 11 is 0. The third kappa shape index (κ3) is 7.47. The van der Waals surface area contributed by atoms with Gasteiger partial charge in [-0.15, -0.1) is 0 Å². The number of rotatable bonds is 13. The van der Waals surface area contributed by atoms with Gasteiger partial charge in [-0.1, -0.05) is 35.9 Å². The van der Waals surface area contributed by atoms with Crippen LogP contribution in [0.1, 0.15) is 71.0 Å². The number of aryl methyl sites for hydroxylation is 2. The van der Waals surface area contributed by atoms with Gasteiger partial charge in [0.05, 0.1) is 34.1 Å². The number of sulfonamides is 1. The van der Waals surface area contributed by atoms with Gasteiger partial charge in [0.1, 0.15) is 17.9 Å². The number of carboxylic acid groups (broad SMARTS) is 1. The van der Waals surface area contributed by atoms with Gasteiger partial charge in [-0.05, 0) is 75.3 Å². The number of nitrogens with one attached hydrogen (secondary N) is 2. The number of aromatic carboxylic acids is 1. The number of aromatic nitrogens is 4. The van der Waals surface area contributed by atoms with Gasteiger partial charge in [-0.25, -0.2) is 32.9 Å². The number of hydrogen-bond donors (Lipinski definition) is 3. The van der Waals surface area contributed by atoms with Crippen molar-refractivity contribution in [2.45, 2.75) is 69.4 Å². The van der Waals surface area contributed by atoms with E-state index < -0.39 is 16.0 Å². The lowest BCUT2D eigenvalue weighted by Gasteiger charge is -2.22. The molecule has 2 aliphatic rings. The Balaban J connectivity index is 1.14. The van der Waals surface area contributed by atoms with Crippen LogP contribution in [0.3, 0.4) is 0 Å². The first-order chi connectivity index (χ1) is 23.6. The second-order valence-electron chi connectivity index (χ2n) is 12.6. The molecule has 3 aromatic heterocycles. The summed E-state index contributed by atoms with van der Waals surface area (Å²) < 4.78 is 41.3. The summed E-state index contributed by atoms with van der Waals surface area (Å²) in [5.41, 5.74) is 6.44. The third-order valence-corrected chi connectivity index (χ3v) is 10.1. The van der Waals surface area contributed by atoms with Crippen molar-refractivity contribution >= 4 is 33.2 Å². The molecule has 12 nitrogen and oxygen atoms in total. The first-order valence-electron chi connectivity index (χ1n) is 16.2. The van der Waals surface area contributed by atoms with E-state index in [0.717, 1.165) is 71.8 Å². The number of fused-ring (bicyclic) bond motifs is 1. The zero-order valence-electron chi connectivity index (χ0n) is 27.1. The molecule has 2 fully saturated rings. The lowest BCUT2D eigenvalue weighted by molar-refractivity contribution is 0.0696. The Morgan fingerprint density at radius 2 is 1.84 bits per heavy atom. The molecule has 0 unspecified atom stereocenters. The van der Waals surface area contributed by atoms with Crippen LogP contribution in [0.5, 0.6) is 5.88 Å². The van der Waals surface area contributed by atoms with E-state index in [1.54, 1.807) is 12.3 Å². The Hall–Kier alpha value is -5.14. The third-order valence-electron chi connectivity index (χ3n) is 8.73. The molecule has 13 heteroatoms. The van der Waals surface area contributed by atoms with Crippen LogP contribution in [0.25, 0.3) is 22.5 Å². The van der Waals surface area contributed by atoms with Crippen molar-refractivity contribution in [1.29, 1.82) is 0 Å². The molecule has 1 atom stereocenters. The van der Waals surface area contributed by atoms with Crippen molar-refractivity contribution in [3.8, 4) is 17.1 Å². The van der Waals surface area contributed by atoms with Crippen molar-refractivity contribution in [3.63, 3.8) is 0 Å². The quantitative estimate of drug-likeness (QED) is 0.119. The lowest BCUT2D eigenvalue weighted by Crippen LogP contribution is -2.33. The van der Waals surface area contributed by atoms with Crippen LogP contribution in [-0.2, 0) is 16.6 Å². The summed E-state index contributed by atoms with van der Waals surface area (Å²) in [6, 6.07) is 14.4. The van der Waals surface area contributed by atoms with E-state index in [1.165, 1.54) is 23.8 Å². The van der Waals surface area contributed by atoms with Crippen LogP contribution in [-0.4, -0.2) is 52.1 Å². The van der Waals surface area contributed by atoms with Crippen LogP contribution < -0.4 is 14.8 Å². The van der Waals surface area contributed by atoms with E-state index in [-0.39, 0.29) is 34.9 Å². The maximum absolute atomic E-state index is 13.4. The molecule has 0 radical (unpaired) electrons. The minimum absolute atomic E-state index is 0.157. The van der Waals surface area contributed by atoms with E-state index in [4.69, 9.17) is 14.1 Å². The number of nitrogens with zero attached hydrogens (tertiary/aromatic N) is 4. The maximum atomic E-state index is 13.4. The van der Waals surface area contributed by atoms with Gasteiger partial charge in [0.2, 0.25) is 17.5 Å². The zero-order chi connectivity index (χ0) is 34.1. The van der Waals surface area contributed by atoms with Gasteiger partial charge in [0, 0.05) is 30.2 Å². The number of carbonyl (C=O) groups is 1. The van der Waals surface area contributed by atoms with E-state index in [0.29, 0.717) is 23.9 Å². The van der Waals surface area contributed by atoms with E-state index in [2.05, 4.69) is 31.1 Å². The van der Waals surface area contributed by atoms with Crippen LogP contribution >= 0.6 is 0 Å². The number of carboxylic acids is 1. The molecule has 5 aromatic rings. The Bertz CT molecular complexity index is 2170. The molecule has 0 amide bonds. The Morgan fingerprint density at radius 3 is 2.55 bits per heavy atom. The monoisotopic (exact) mass is 680 g/mol. The highest BCUT2D eigenvalue weighted by molar-refractivity contribution is 7.92. The normalized spacial score (nSPS) is 15.1. The zero-order valence-corrected chi connectivity index (χ0v) is 28.0. The fraction of sp³-hybridized carbons (Fsp3) is 0.306. The van der Waals surface area contributed by atoms with Crippen LogP contribution in [0.15, 0.2) is 81.8 Å². The lowest BCUT2D eigenvalue weighted by atomic mass is 9.91. The largest absolute Gasteiger partial charge is 0.478 e. The van der Waals surface area contributed by atoms with Gasteiger partial charge in [0.15, 0.2) is 0 Å². The summed E-state index contributed by atoms with van der Waals surface area (Å²) in [4.78, 5) is 29.5. The highest BCUT2D eigenvalue weighted by Crippen LogP contribution is 2.41. The van der Waals surface area contributed by atoms with Crippen molar-refractivity contribution in [2.75, 3.05) is 11.3 Å². The summed E-state index contributed by atoms with van der Waals surface area (Å²) in [5.74, 6) is 0.159. The second kappa shape index (κ2) is 13.4. The summed E-state index contributed by atoms with van der Waals surface area (Å²) in [6.07, 6.45) is 9.37. The molecule has 49 heavy (non-hydrogen) atoms. The Kier molecular flexibility index (Phi) is 8.86. The topological polar surface area (TPSA) is 169 Å². The second-order valence-corrected chi connectivity index (χ2v) is 14.3. The molecule has 3 N–H and O–H groups in total. The SMILES string of the molecule is Cc1cccc(C)c1-c1cc(OC[C@@H](C=C2CCC2)NCc2cnc3oc(C4CC4)cc3n2)nc(NS(=O)(=O)c2cccc(C(=O)O)c2)n1. The molecule has 7 rings (SSSR count). The summed E-state index contributed by atoms with van der Waals surface area (Å²) in [6.45, 7) is 4.55. The molecule has 0 saturated heterocycles. The predicted octanol–water partition coefficient (Wildman–Crippen LogP) is 6.32. The Labute approximate surface area is 283 Å². The highest BCUT2D eigenvalue weighted by Gasteiger charge is 2.28. The number of furan rings is 1. The maximum Gasteiger partial charge on any atom is 0.335 e. The average molecular weight is 681 g/mol. The number of hydrogen-bond acceptors (Lipinski definition) is 10. The minimum Gasteiger partial charge on any atom is -0.478 e. The molecular weight excluding hydrogens is 644 g/mol. The number of anilines is 1. The first kappa shape index (κ1) is 32.4. The summed E-state index contributed by atoms with van der Waals surface area (Å²) in [7, 11) is -4.24. The molecule has 2 aromatic carbocycles. The van der Waals surface area contributed by atoms with Gasteiger partial charge in [-0.2, -0.15) is 4.98 Å². The number of allylic oxidation sites excluding steroid dienone is 1. The fourth-order valence-corrected chi connectivity index (χ4v) is 6.80. The molecule has 0 aliphatic heterocycles. The average Bonchev–Trinajstić information content (AvgIpc) is 3.82. The molecule has 2 aliphatic carbocycles. The van der Waals surface area contributed by atoms with Gasteiger partial charge in [0.25, 0.3) is 10.0 Å².